The summed E-state index contributed by atoms with van der Waals surface area (Å²) in [4.78, 5) is 21.4. The number of hydrogen-bond acceptors (Lipinski definition) is 5. The van der Waals surface area contributed by atoms with Crippen LogP contribution in [-0.2, 0) is 6.54 Å². The van der Waals surface area contributed by atoms with Crippen molar-refractivity contribution >= 4 is 5.91 Å². The monoisotopic (exact) mass is 381 g/mol. The molecule has 0 atom stereocenters. The molecule has 148 valence electrons. The molecular weight excluding hydrogens is 354 g/mol. The summed E-state index contributed by atoms with van der Waals surface area (Å²) in [5, 5.41) is 0. The van der Waals surface area contributed by atoms with E-state index in [-0.39, 0.29) is 5.91 Å². The number of pyridine rings is 1. The maximum atomic E-state index is 12.9. The van der Waals surface area contributed by atoms with Gasteiger partial charge in [-0.15, -0.1) is 0 Å². The van der Waals surface area contributed by atoms with Gasteiger partial charge in [0.05, 0.1) is 14.2 Å². The fraction of sp³-hybridized carbons (Fsp3) is 0.455. The van der Waals surface area contributed by atoms with Crippen LogP contribution in [0, 0.1) is 5.92 Å². The molecule has 6 heteroatoms. The lowest BCUT2D eigenvalue weighted by Crippen LogP contribution is -2.61. The van der Waals surface area contributed by atoms with Crippen molar-refractivity contribution in [3.8, 4) is 11.5 Å². The summed E-state index contributed by atoms with van der Waals surface area (Å²) in [6, 6.07) is 9.91. The van der Waals surface area contributed by atoms with Gasteiger partial charge in [0.1, 0.15) is 0 Å². The quantitative estimate of drug-likeness (QED) is 0.704. The normalized spacial score (nSPS) is 16.8. The van der Waals surface area contributed by atoms with E-state index in [1.807, 2.05) is 17.3 Å². The van der Waals surface area contributed by atoms with Gasteiger partial charge >= 0.3 is 0 Å². The second kappa shape index (κ2) is 8.19. The molecule has 1 aromatic carbocycles. The van der Waals surface area contributed by atoms with Crippen molar-refractivity contribution in [2.45, 2.75) is 25.4 Å². The molecule has 1 aliphatic heterocycles. The molecule has 1 aliphatic carbocycles. The molecule has 0 spiro atoms. The number of aromatic nitrogens is 1. The largest absolute Gasteiger partial charge is 0.493 e. The molecule has 2 aliphatic rings. The lowest BCUT2D eigenvalue weighted by molar-refractivity contribution is 0.0219. The SMILES string of the molecule is COc1ccc(C(=O)N2CC(N(Cc3ccncc3)CC3CC3)C2)cc1OC. The van der Waals surface area contributed by atoms with Crippen molar-refractivity contribution < 1.29 is 14.3 Å². The Morgan fingerprint density at radius 2 is 1.82 bits per heavy atom. The first-order valence-electron chi connectivity index (χ1n) is 9.82. The Morgan fingerprint density at radius 3 is 2.46 bits per heavy atom. The summed E-state index contributed by atoms with van der Waals surface area (Å²) < 4.78 is 10.6. The van der Waals surface area contributed by atoms with Gasteiger partial charge in [0.25, 0.3) is 5.91 Å². The minimum atomic E-state index is 0.0486. The molecule has 1 amide bonds. The topological polar surface area (TPSA) is 54.9 Å². The van der Waals surface area contributed by atoms with E-state index in [4.69, 9.17) is 9.47 Å². The maximum Gasteiger partial charge on any atom is 0.254 e. The van der Waals surface area contributed by atoms with Crippen LogP contribution in [0.2, 0.25) is 0 Å². The van der Waals surface area contributed by atoms with Gasteiger partial charge in [0.15, 0.2) is 11.5 Å². The fourth-order valence-electron chi connectivity index (χ4n) is 3.70. The van der Waals surface area contributed by atoms with E-state index in [0.29, 0.717) is 23.1 Å². The molecule has 2 aromatic rings. The molecular formula is C22H27N3O3. The molecule has 6 nitrogen and oxygen atoms in total. The molecule has 28 heavy (non-hydrogen) atoms. The van der Waals surface area contributed by atoms with E-state index in [2.05, 4.69) is 22.0 Å². The average Bonchev–Trinajstić information content (AvgIpc) is 3.51. The van der Waals surface area contributed by atoms with Crippen LogP contribution in [-0.4, -0.2) is 60.6 Å². The smallest absolute Gasteiger partial charge is 0.254 e. The van der Waals surface area contributed by atoms with E-state index < -0.39 is 0 Å². The molecule has 1 saturated carbocycles. The number of ether oxygens (including phenoxy) is 2. The van der Waals surface area contributed by atoms with Crippen LogP contribution in [0.5, 0.6) is 11.5 Å². The van der Waals surface area contributed by atoms with Crippen molar-refractivity contribution in [1.29, 1.82) is 0 Å². The summed E-state index contributed by atoms with van der Waals surface area (Å²) in [7, 11) is 3.18. The fourth-order valence-corrected chi connectivity index (χ4v) is 3.70. The number of nitrogens with zero attached hydrogens (tertiary/aromatic N) is 3. The molecule has 2 heterocycles. The van der Waals surface area contributed by atoms with Crippen molar-refractivity contribution in [1.82, 2.24) is 14.8 Å². The average molecular weight is 381 g/mol. The molecule has 1 saturated heterocycles. The Kier molecular flexibility index (Phi) is 5.48. The van der Waals surface area contributed by atoms with Gasteiger partial charge in [-0.05, 0) is 54.7 Å². The first-order valence-corrected chi connectivity index (χ1v) is 9.82. The number of likely N-dealkylation sites (tertiary alicyclic amines) is 1. The second-order valence-corrected chi connectivity index (χ2v) is 7.66. The summed E-state index contributed by atoms with van der Waals surface area (Å²) >= 11 is 0. The number of carbonyl (C=O) groups excluding carboxylic acids is 1. The van der Waals surface area contributed by atoms with Crippen LogP contribution in [0.1, 0.15) is 28.8 Å². The lowest BCUT2D eigenvalue weighted by Gasteiger charge is -2.45. The number of carbonyl (C=O) groups is 1. The highest BCUT2D eigenvalue weighted by Gasteiger charge is 2.37. The van der Waals surface area contributed by atoms with Crippen LogP contribution in [0.15, 0.2) is 42.7 Å². The number of amides is 1. The molecule has 0 unspecified atom stereocenters. The van der Waals surface area contributed by atoms with E-state index in [0.717, 1.165) is 32.1 Å². The first-order chi connectivity index (χ1) is 13.7. The van der Waals surface area contributed by atoms with Crippen molar-refractivity contribution in [3.63, 3.8) is 0 Å². The minimum Gasteiger partial charge on any atom is -0.493 e. The van der Waals surface area contributed by atoms with Gasteiger partial charge < -0.3 is 14.4 Å². The van der Waals surface area contributed by atoms with Gasteiger partial charge in [0.2, 0.25) is 0 Å². The van der Waals surface area contributed by atoms with Crippen LogP contribution < -0.4 is 9.47 Å². The lowest BCUT2D eigenvalue weighted by atomic mass is 10.0. The second-order valence-electron chi connectivity index (χ2n) is 7.66. The van der Waals surface area contributed by atoms with Gasteiger partial charge in [-0.25, -0.2) is 0 Å². The zero-order valence-electron chi connectivity index (χ0n) is 16.5. The Morgan fingerprint density at radius 1 is 1.11 bits per heavy atom. The third-order valence-electron chi connectivity index (χ3n) is 5.62. The summed E-state index contributed by atoms with van der Waals surface area (Å²) in [5.41, 5.74) is 1.92. The van der Waals surface area contributed by atoms with Gasteiger partial charge in [-0.2, -0.15) is 0 Å². The highest BCUT2D eigenvalue weighted by atomic mass is 16.5. The van der Waals surface area contributed by atoms with Gasteiger partial charge in [-0.3, -0.25) is 14.7 Å². The molecule has 1 aromatic heterocycles. The van der Waals surface area contributed by atoms with E-state index in [1.165, 1.54) is 18.4 Å². The van der Waals surface area contributed by atoms with Gasteiger partial charge in [-0.1, -0.05) is 0 Å². The van der Waals surface area contributed by atoms with Crippen molar-refractivity contribution in [2.75, 3.05) is 33.9 Å². The standard InChI is InChI=1S/C22H27N3O3/c1-27-20-6-5-18(11-21(20)28-2)22(26)25-14-19(15-25)24(12-16-3-4-16)13-17-7-9-23-10-8-17/h5-11,16,19H,3-4,12-15H2,1-2H3. The van der Waals surface area contributed by atoms with Crippen LogP contribution in [0.4, 0.5) is 0 Å². The highest BCUT2D eigenvalue weighted by Crippen LogP contribution is 2.33. The third-order valence-corrected chi connectivity index (χ3v) is 5.62. The maximum absolute atomic E-state index is 12.9. The first kappa shape index (κ1) is 18.7. The highest BCUT2D eigenvalue weighted by molar-refractivity contribution is 5.95. The van der Waals surface area contributed by atoms with Crippen LogP contribution in [0.25, 0.3) is 0 Å². The molecule has 0 N–H and O–H groups in total. The Bertz CT molecular complexity index is 817. The van der Waals surface area contributed by atoms with Crippen molar-refractivity contribution in [2.24, 2.45) is 5.92 Å². The number of hydrogen-bond donors (Lipinski definition) is 0. The summed E-state index contributed by atoms with van der Waals surface area (Å²) in [5.74, 6) is 2.08. The van der Waals surface area contributed by atoms with Crippen LogP contribution in [0.3, 0.4) is 0 Å². The predicted molar refractivity (Wildman–Crippen MR) is 107 cm³/mol. The number of rotatable bonds is 8. The molecule has 2 fully saturated rings. The third kappa shape index (κ3) is 4.12. The Balaban J connectivity index is 1.39. The molecule has 0 bridgehead atoms. The Labute approximate surface area is 166 Å². The number of methoxy groups -OCH3 is 2. The zero-order chi connectivity index (χ0) is 19.5. The zero-order valence-corrected chi connectivity index (χ0v) is 16.5. The van der Waals surface area contributed by atoms with E-state index in [1.54, 1.807) is 32.4 Å². The summed E-state index contributed by atoms with van der Waals surface area (Å²) in [6.07, 6.45) is 6.35. The van der Waals surface area contributed by atoms with E-state index in [9.17, 15) is 4.79 Å². The molecule has 0 radical (unpaired) electrons. The van der Waals surface area contributed by atoms with Crippen molar-refractivity contribution in [3.05, 3.63) is 53.9 Å². The van der Waals surface area contributed by atoms with E-state index >= 15 is 0 Å². The van der Waals surface area contributed by atoms with Crippen LogP contribution >= 0.6 is 0 Å². The number of benzene rings is 1. The minimum absolute atomic E-state index is 0.0486. The molecule has 4 rings (SSSR count). The predicted octanol–water partition coefficient (Wildman–Crippen LogP) is 2.84. The van der Waals surface area contributed by atoms with Gasteiger partial charge in [0, 0.05) is 50.2 Å². The Hall–Kier alpha value is -2.60. The summed E-state index contributed by atoms with van der Waals surface area (Å²) in [6.45, 7) is 3.57.